The minimum Gasteiger partial charge on any atom is -0.436 e. The summed E-state index contributed by atoms with van der Waals surface area (Å²) in [6.07, 6.45) is 0.302. The molecule has 5 heterocycles. The van der Waals surface area contributed by atoms with Gasteiger partial charge in [-0.3, -0.25) is 19.3 Å². The first-order chi connectivity index (χ1) is 21.0. The molecular weight excluding hydrogens is 632 g/mol. The predicted octanol–water partition coefficient (Wildman–Crippen LogP) is 1.32. The van der Waals surface area contributed by atoms with Crippen LogP contribution in [0.2, 0.25) is 5.02 Å². The number of primary amides is 1. The largest absolute Gasteiger partial charge is 0.436 e. The standard InChI is InChI=1S/C28H33ClN6O7S2/c1-32-5-4-21-22(16-32)42-26(31-21)27(38)35-7-6-34(15-18(35)13-25(37)33-8-10-41-11-9-33)44(39,40)28-20(14-24(30)36)19-3-2-17(29)12-23(19)43-28/h2-3,12,18H,4-11,13-16H2,1H3,(H2,30,36). The fourth-order valence-electron chi connectivity index (χ4n) is 5.94. The van der Waals surface area contributed by atoms with Gasteiger partial charge in [0.2, 0.25) is 11.8 Å². The third-order valence-corrected chi connectivity index (χ3v) is 12.1. The smallest absolute Gasteiger partial charge is 0.310 e. The number of hydrogen-bond acceptors (Lipinski definition) is 10. The maximum atomic E-state index is 14.2. The number of oxazole rings is 1. The number of thiophene rings is 1. The van der Waals surface area contributed by atoms with Gasteiger partial charge in [0, 0.05) is 67.4 Å². The van der Waals surface area contributed by atoms with Crippen molar-refractivity contribution >= 4 is 60.8 Å². The molecule has 2 saturated heterocycles. The van der Waals surface area contributed by atoms with Gasteiger partial charge in [0.1, 0.15) is 9.97 Å². The van der Waals surface area contributed by atoms with E-state index in [1.807, 2.05) is 7.05 Å². The summed E-state index contributed by atoms with van der Waals surface area (Å²) in [5.41, 5.74) is 6.56. The van der Waals surface area contributed by atoms with Crippen molar-refractivity contribution in [3.8, 4) is 0 Å². The molecule has 0 radical (unpaired) electrons. The third-order valence-electron chi connectivity index (χ3n) is 8.23. The number of likely N-dealkylation sites (N-methyl/N-ethyl adjacent to an activating group) is 1. The number of ether oxygens (including phenoxy) is 1. The Morgan fingerprint density at radius 2 is 1.91 bits per heavy atom. The van der Waals surface area contributed by atoms with Gasteiger partial charge in [0.15, 0.2) is 0 Å². The molecule has 44 heavy (non-hydrogen) atoms. The Hall–Kier alpha value is -3.08. The number of piperazine rings is 1. The monoisotopic (exact) mass is 664 g/mol. The molecule has 0 saturated carbocycles. The molecule has 3 amide bonds. The van der Waals surface area contributed by atoms with Crippen molar-refractivity contribution in [2.75, 3.05) is 59.5 Å². The van der Waals surface area contributed by atoms with Crippen molar-refractivity contribution in [2.45, 2.75) is 36.1 Å². The molecule has 2 aromatic heterocycles. The van der Waals surface area contributed by atoms with E-state index < -0.39 is 27.9 Å². The molecular formula is C28H33ClN6O7S2. The van der Waals surface area contributed by atoms with Crippen molar-refractivity contribution in [1.82, 2.24) is 24.0 Å². The van der Waals surface area contributed by atoms with Gasteiger partial charge in [0.25, 0.3) is 15.9 Å². The molecule has 3 aliphatic heterocycles. The molecule has 2 N–H and O–H groups in total. The average Bonchev–Trinajstić information content (AvgIpc) is 3.58. The highest BCUT2D eigenvalue weighted by atomic mass is 35.5. The van der Waals surface area contributed by atoms with Crippen molar-refractivity contribution in [3.63, 3.8) is 0 Å². The van der Waals surface area contributed by atoms with Crippen LogP contribution < -0.4 is 5.73 Å². The minimum absolute atomic E-state index is 0.00362. The molecule has 1 unspecified atom stereocenters. The van der Waals surface area contributed by atoms with Crippen LogP contribution in [0, 0.1) is 0 Å². The maximum absolute atomic E-state index is 14.2. The van der Waals surface area contributed by atoms with E-state index in [-0.39, 0.29) is 48.5 Å². The van der Waals surface area contributed by atoms with Crippen LogP contribution in [0.15, 0.2) is 26.8 Å². The zero-order chi connectivity index (χ0) is 31.2. The molecule has 3 aromatic rings. The molecule has 1 atom stereocenters. The van der Waals surface area contributed by atoms with Crippen LogP contribution in [0.1, 0.15) is 34.1 Å². The number of sulfonamides is 1. The molecule has 0 spiro atoms. The van der Waals surface area contributed by atoms with Crippen molar-refractivity contribution < 1.29 is 32.0 Å². The predicted molar refractivity (Wildman–Crippen MR) is 162 cm³/mol. The van der Waals surface area contributed by atoms with Crippen molar-refractivity contribution in [1.29, 1.82) is 0 Å². The number of hydrogen-bond donors (Lipinski definition) is 1. The fourth-order valence-corrected chi connectivity index (χ4v) is 9.59. The second kappa shape index (κ2) is 12.4. The molecule has 1 aromatic carbocycles. The van der Waals surface area contributed by atoms with E-state index in [4.69, 9.17) is 26.5 Å². The highest BCUT2D eigenvalue weighted by molar-refractivity contribution is 7.91. The van der Waals surface area contributed by atoms with E-state index in [0.29, 0.717) is 65.7 Å². The Morgan fingerprint density at radius 1 is 1.14 bits per heavy atom. The summed E-state index contributed by atoms with van der Waals surface area (Å²) < 4.78 is 41.5. The number of carbonyl (C=O) groups excluding carboxylic acids is 3. The van der Waals surface area contributed by atoms with Gasteiger partial charge in [-0.05, 0) is 24.6 Å². The van der Waals surface area contributed by atoms with Gasteiger partial charge in [-0.1, -0.05) is 17.7 Å². The van der Waals surface area contributed by atoms with Crippen LogP contribution in [0.25, 0.3) is 10.1 Å². The minimum atomic E-state index is -4.16. The molecule has 2 fully saturated rings. The molecule has 6 rings (SSSR count). The summed E-state index contributed by atoms with van der Waals surface area (Å²) in [6.45, 7) is 2.86. The zero-order valence-electron chi connectivity index (χ0n) is 24.2. The van der Waals surface area contributed by atoms with E-state index in [9.17, 15) is 22.8 Å². The quantitative estimate of drug-likeness (QED) is 0.393. The lowest BCUT2D eigenvalue weighted by molar-refractivity contribution is -0.136. The summed E-state index contributed by atoms with van der Waals surface area (Å²) in [6, 6.07) is 4.18. The highest BCUT2D eigenvalue weighted by Crippen LogP contribution is 2.38. The van der Waals surface area contributed by atoms with Crippen LogP contribution in [0.4, 0.5) is 0 Å². The number of fused-ring (bicyclic) bond motifs is 2. The van der Waals surface area contributed by atoms with Gasteiger partial charge in [-0.15, -0.1) is 11.3 Å². The lowest BCUT2D eigenvalue weighted by atomic mass is 10.1. The fraction of sp³-hybridized carbons (Fsp3) is 0.500. The summed E-state index contributed by atoms with van der Waals surface area (Å²) in [5.74, 6) is -0.772. The van der Waals surface area contributed by atoms with Gasteiger partial charge < -0.3 is 24.7 Å². The van der Waals surface area contributed by atoms with Crippen LogP contribution in [-0.4, -0.2) is 116 Å². The number of carbonyl (C=O) groups is 3. The van der Waals surface area contributed by atoms with Crippen molar-refractivity contribution in [3.05, 3.63) is 46.1 Å². The van der Waals surface area contributed by atoms with Crippen LogP contribution in [0.5, 0.6) is 0 Å². The van der Waals surface area contributed by atoms with E-state index in [0.717, 1.165) is 23.6 Å². The number of amides is 3. The third kappa shape index (κ3) is 6.08. The van der Waals surface area contributed by atoms with E-state index in [1.165, 1.54) is 9.21 Å². The molecule has 13 nitrogen and oxygen atoms in total. The van der Waals surface area contributed by atoms with E-state index in [2.05, 4.69) is 9.88 Å². The summed E-state index contributed by atoms with van der Waals surface area (Å²) in [4.78, 5) is 48.9. The first-order valence-electron chi connectivity index (χ1n) is 14.3. The van der Waals surface area contributed by atoms with Gasteiger partial charge >= 0.3 is 5.91 Å². The van der Waals surface area contributed by atoms with Crippen molar-refractivity contribution in [2.24, 2.45) is 5.73 Å². The lowest BCUT2D eigenvalue weighted by Gasteiger charge is -2.40. The number of aromatic nitrogens is 1. The van der Waals surface area contributed by atoms with E-state index >= 15 is 0 Å². The second-order valence-corrected chi connectivity index (χ2v) is 14.9. The number of benzene rings is 1. The van der Waals surface area contributed by atoms with Crippen LogP contribution in [0.3, 0.4) is 0 Å². The zero-order valence-corrected chi connectivity index (χ0v) is 26.5. The molecule has 0 bridgehead atoms. The molecule has 0 aliphatic carbocycles. The lowest BCUT2D eigenvalue weighted by Crippen LogP contribution is -2.58. The number of morpholine rings is 1. The SMILES string of the molecule is CN1CCc2nc(C(=O)N3CCN(S(=O)(=O)c4sc5cc(Cl)ccc5c4CC(N)=O)CC3CC(=O)N3CCOCC3)oc2C1. The number of halogens is 1. The topological polar surface area (TPSA) is 160 Å². The number of nitrogens with zero attached hydrogens (tertiary/aromatic N) is 5. The Bertz CT molecular complexity index is 1720. The summed E-state index contributed by atoms with van der Waals surface area (Å²) >= 11 is 7.19. The van der Waals surface area contributed by atoms with Gasteiger partial charge in [-0.25, -0.2) is 13.4 Å². The Kier molecular flexibility index (Phi) is 8.69. The number of rotatable bonds is 7. The first-order valence-corrected chi connectivity index (χ1v) is 17.0. The summed E-state index contributed by atoms with van der Waals surface area (Å²) in [7, 11) is -2.20. The van der Waals surface area contributed by atoms with E-state index in [1.54, 1.807) is 23.1 Å². The molecule has 236 valence electrons. The first kappa shape index (κ1) is 30.9. The second-order valence-electron chi connectivity index (χ2n) is 11.2. The average molecular weight is 665 g/mol. The Balaban J connectivity index is 1.31. The number of nitrogens with two attached hydrogens (primary N) is 1. The van der Waals surface area contributed by atoms with Gasteiger partial charge in [-0.2, -0.15) is 4.31 Å². The van der Waals surface area contributed by atoms with Crippen LogP contribution in [-0.2, 0) is 43.7 Å². The Labute approximate surface area is 263 Å². The molecule has 16 heteroatoms. The van der Waals surface area contributed by atoms with Crippen LogP contribution >= 0.6 is 22.9 Å². The Morgan fingerprint density at radius 3 is 2.66 bits per heavy atom. The summed E-state index contributed by atoms with van der Waals surface area (Å²) in [5, 5.41) is 1.02. The normalized spacial score (nSPS) is 20.2. The molecule has 3 aliphatic rings. The highest BCUT2D eigenvalue weighted by Gasteiger charge is 2.41. The maximum Gasteiger partial charge on any atom is 0.310 e. The van der Waals surface area contributed by atoms with Gasteiger partial charge in [0.05, 0.1) is 37.9 Å².